The number of nitrogens with one attached hydrogen (secondary N) is 1. The molecule has 1 aliphatic rings. The quantitative estimate of drug-likeness (QED) is 0.432. The Balaban J connectivity index is 1.58. The summed E-state index contributed by atoms with van der Waals surface area (Å²) in [4.78, 5) is 21.6. The Labute approximate surface area is 182 Å². The molecular weight excluding hydrogens is 440 g/mol. The molecule has 0 aliphatic carbocycles. The van der Waals surface area contributed by atoms with E-state index in [4.69, 9.17) is 10.1 Å². The van der Waals surface area contributed by atoms with Gasteiger partial charge < -0.3 is 4.98 Å². The number of aromatic amines is 1. The number of amides is 1. The predicted molar refractivity (Wildman–Crippen MR) is 121 cm³/mol. The highest BCUT2D eigenvalue weighted by Crippen LogP contribution is 2.34. The van der Waals surface area contributed by atoms with Crippen molar-refractivity contribution in [1.29, 1.82) is 0 Å². The molecule has 5 rings (SSSR count). The van der Waals surface area contributed by atoms with Crippen LogP contribution in [0.3, 0.4) is 0 Å². The maximum Gasteiger partial charge on any atom is 0.274 e. The number of H-pyrrole nitrogens is 1. The van der Waals surface area contributed by atoms with E-state index >= 15 is 0 Å². The highest BCUT2D eigenvalue weighted by Gasteiger charge is 2.36. The topological polar surface area (TPSA) is 61.4 Å². The van der Waals surface area contributed by atoms with Crippen LogP contribution in [0, 0.1) is 6.92 Å². The maximum atomic E-state index is 13.5. The molecule has 2 heterocycles. The third-order valence-electron chi connectivity index (χ3n) is 5.39. The van der Waals surface area contributed by atoms with Gasteiger partial charge in [-0.3, -0.25) is 4.79 Å². The van der Waals surface area contributed by atoms with Crippen LogP contribution in [0.4, 0.5) is 0 Å². The van der Waals surface area contributed by atoms with E-state index in [2.05, 4.69) is 20.9 Å². The van der Waals surface area contributed by atoms with Gasteiger partial charge in [-0.15, -0.1) is 0 Å². The minimum absolute atomic E-state index is 0.120. The molecule has 30 heavy (non-hydrogen) atoms. The van der Waals surface area contributed by atoms with Gasteiger partial charge in [0.05, 0.1) is 16.7 Å². The summed E-state index contributed by atoms with van der Waals surface area (Å²) in [5.74, 6) is 0.625. The van der Waals surface area contributed by atoms with E-state index in [1.807, 2.05) is 79.7 Å². The van der Waals surface area contributed by atoms with Crippen molar-refractivity contribution in [2.75, 3.05) is 0 Å². The first-order chi connectivity index (χ1) is 14.6. The van der Waals surface area contributed by atoms with Gasteiger partial charge >= 0.3 is 0 Å². The molecular formula is C24H19BrN4O. The van der Waals surface area contributed by atoms with Crippen molar-refractivity contribution in [2.45, 2.75) is 19.4 Å². The van der Waals surface area contributed by atoms with E-state index in [9.17, 15) is 4.79 Å². The number of hydrogen-bond acceptors (Lipinski definition) is 3. The largest absolute Gasteiger partial charge is 0.340 e. The molecule has 1 amide bonds. The lowest BCUT2D eigenvalue weighted by Gasteiger charge is -2.20. The van der Waals surface area contributed by atoms with E-state index in [0.717, 1.165) is 38.2 Å². The number of rotatable bonds is 3. The molecule has 1 aromatic heterocycles. The molecule has 0 spiro atoms. The second-order valence-corrected chi connectivity index (χ2v) is 8.29. The number of halogens is 1. The van der Waals surface area contributed by atoms with Crippen molar-refractivity contribution in [3.63, 3.8) is 0 Å². The Morgan fingerprint density at radius 1 is 1.03 bits per heavy atom. The lowest BCUT2D eigenvalue weighted by atomic mass is 10.0. The van der Waals surface area contributed by atoms with Crippen LogP contribution in [0.2, 0.25) is 0 Å². The number of benzene rings is 3. The van der Waals surface area contributed by atoms with Crippen molar-refractivity contribution in [2.24, 2.45) is 5.10 Å². The van der Waals surface area contributed by atoms with Crippen LogP contribution in [0.1, 0.15) is 39.8 Å². The summed E-state index contributed by atoms with van der Waals surface area (Å²) in [6.07, 6.45) is 0.596. The van der Waals surface area contributed by atoms with E-state index in [1.54, 1.807) is 5.01 Å². The molecule has 0 fully saturated rings. The van der Waals surface area contributed by atoms with Crippen LogP contribution in [0.15, 0.2) is 82.4 Å². The van der Waals surface area contributed by atoms with Crippen LogP contribution < -0.4 is 0 Å². The number of hydrogen-bond donors (Lipinski definition) is 1. The number of carbonyl (C=O) groups is 1. The van der Waals surface area contributed by atoms with Crippen molar-refractivity contribution >= 4 is 38.6 Å². The smallest absolute Gasteiger partial charge is 0.274 e. The molecule has 6 heteroatoms. The van der Waals surface area contributed by atoms with Gasteiger partial charge in [-0.2, -0.15) is 5.10 Å². The van der Waals surface area contributed by atoms with Crippen LogP contribution in [0.5, 0.6) is 0 Å². The molecule has 5 nitrogen and oxygen atoms in total. The van der Waals surface area contributed by atoms with Crippen molar-refractivity contribution in [3.05, 3.63) is 99.8 Å². The highest BCUT2D eigenvalue weighted by atomic mass is 79.9. The van der Waals surface area contributed by atoms with Crippen LogP contribution >= 0.6 is 15.9 Å². The molecule has 0 saturated heterocycles. The van der Waals surface area contributed by atoms with Gasteiger partial charge in [-0.1, -0.05) is 58.4 Å². The van der Waals surface area contributed by atoms with E-state index in [1.165, 1.54) is 0 Å². The summed E-state index contributed by atoms with van der Waals surface area (Å²) in [7, 11) is 0. The van der Waals surface area contributed by atoms with E-state index in [-0.39, 0.29) is 11.9 Å². The normalized spacial score (nSPS) is 16.1. The van der Waals surface area contributed by atoms with E-state index in [0.29, 0.717) is 12.0 Å². The number of aryl methyl sites for hydroxylation is 1. The summed E-state index contributed by atoms with van der Waals surface area (Å²) < 4.78 is 1.01. The molecule has 0 bridgehead atoms. The molecule has 1 aliphatic heterocycles. The number of carbonyl (C=O) groups excluding carboxylic acids is 1. The molecule has 148 valence electrons. The van der Waals surface area contributed by atoms with Gasteiger partial charge in [0.25, 0.3) is 5.91 Å². The monoisotopic (exact) mass is 458 g/mol. The Bertz CT molecular complexity index is 1240. The van der Waals surface area contributed by atoms with Crippen molar-refractivity contribution in [1.82, 2.24) is 15.0 Å². The Hall–Kier alpha value is -3.25. The minimum atomic E-state index is -0.289. The lowest BCUT2D eigenvalue weighted by Crippen LogP contribution is -2.28. The lowest BCUT2D eigenvalue weighted by molar-refractivity contribution is 0.0704. The van der Waals surface area contributed by atoms with Gasteiger partial charge in [0.1, 0.15) is 11.9 Å². The van der Waals surface area contributed by atoms with Crippen molar-refractivity contribution in [3.8, 4) is 0 Å². The zero-order valence-electron chi connectivity index (χ0n) is 16.3. The summed E-state index contributed by atoms with van der Waals surface area (Å²) in [5.41, 5.74) is 5.28. The number of aromatic nitrogens is 2. The Morgan fingerprint density at radius 3 is 2.53 bits per heavy atom. The SMILES string of the molecule is Cc1ccccc1C(=O)N1N=C(c2ccc(Br)cc2)CC1c1nc2ccccc2[nH]1. The number of fused-ring (bicyclic) bond motifs is 1. The van der Waals surface area contributed by atoms with Crippen LogP contribution in [0.25, 0.3) is 11.0 Å². The molecule has 3 aromatic carbocycles. The molecule has 1 N–H and O–H groups in total. The molecule has 0 radical (unpaired) electrons. The zero-order chi connectivity index (χ0) is 20.7. The first-order valence-corrected chi connectivity index (χ1v) is 10.6. The number of hydrazone groups is 1. The van der Waals surface area contributed by atoms with Gasteiger partial charge in [-0.05, 0) is 48.4 Å². The van der Waals surface area contributed by atoms with Crippen LogP contribution in [-0.2, 0) is 0 Å². The first kappa shape index (κ1) is 18.8. The Morgan fingerprint density at radius 2 is 1.77 bits per heavy atom. The molecule has 1 atom stereocenters. The third-order valence-corrected chi connectivity index (χ3v) is 5.92. The molecule has 4 aromatic rings. The summed E-state index contributed by atoms with van der Waals surface area (Å²) >= 11 is 3.48. The van der Waals surface area contributed by atoms with Gasteiger partial charge in [0.2, 0.25) is 0 Å². The van der Waals surface area contributed by atoms with Gasteiger partial charge in [-0.25, -0.2) is 9.99 Å². The summed E-state index contributed by atoms with van der Waals surface area (Å²) in [6, 6.07) is 23.2. The van der Waals surface area contributed by atoms with E-state index < -0.39 is 0 Å². The fourth-order valence-electron chi connectivity index (χ4n) is 3.79. The van der Waals surface area contributed by atoms with Gasteiger partial charge in [0, 0.05) is 16.5 Å². The molecule has 0 saturated carbocycles. The minimum Gasteiger partial charge on any atom is -0.340 e. The summed E-state index contributed by atoms with van der Waals surface area (Å²) in [6.45, 7) is 1.94. The second kappa shape index (κ2) is 7.54. The maximum absolute atomic E-state index is 13.5. The molecule has 1 unspecified atom stereocenters. The van der Waals surface area contributed by atoms with Crippen molar-refractivity contribution < 1.29 is 4.79 Å². The standard InChI is InChI=1S/C24H19BrN4O/c1-15-6-2-3-7-18(15)24(30)29-22(23-26-19-8-4-5-9-20(19)27-23)14-21(28-29)16-10-12-17(25)13-11-16/h2-13,22H,14H2,1H3,(H,26,27). The Kier molecular flexibility index (Phi) is 4.71. The highest BCUT2D eigenvalue weighted by molar-refractivity contribution is 9.10. The average molecular weight is 459 g/mol. The number of imidazole rings is 1. The number of para-hydroxylation sites is 2. The van der Waals surface area contributed by atoms with Gasteiger partial charge in [0.15, 0.2) is 0 Å². The average Bonchev–Trinajstić information content (AvgIpc) is 3.38. The zero-order valence-corrected chi connectivity index (χ0v) is 17.9. The predicted octanol–water partition coefficient (Wildman–Crippen LogP) is 5.63. The summed E-state index contributed by atoms with van der Waals surface area (Å²) in [5, 5.41) is 6.34. The van der Waals surface area contributed by atoms with Crippen LogP contribution in [-0.4, -0.2) is 26.6 Å². The fraction of sp³-hybridized carbons (Fsp3) is 0.125. The fourth-order valence-corrected chi connectivity index (χ4v) is 4.06. The number of nitrogens with zero attached hydrogens (tertiary/aromatic N) is 3. The first-order valence-electron chi connectivity index (χ1n) is 9.77. The third kappa shape index (κ3) is 3.33. The second-order valence-electron chi connectivity index (χ2n) is 7.38.